The first-order valence-electron chi connectivity index (χ1n) is 8.53. The van der Waals surface area contributed by atoms with Gasteiger partial charge in [0.2, 0.25) is 5.91 Å². The van der Waals surface area contributed by atoms with Gasteiger partial charge in [0.25, 0.3) is 5.91 Å². The summed E-state index contributed by atoms with van der Waals surface area (Å²) in [7, 11) is 0. The lowest BCUT2D eigenvalue weighted by molar-refractivity contribution is -0.129. The molecule has 1 atom stereocenters. The molecule has 0 radical (unpaired) electrons. The Balaban J connectivity index is 1.58. The Hall–Kier alpha value is -2.99. The maximum Gasteiger partial charge on any atom is 0.273 e. The third-order valence-corrected chi connectivity index (χ3v) is 4.22. The van der Waals surface area contributed by atoms with Crippen molar-refractivity contribution in [2.24, 2.45) is 11.0 Å². The second kappa shape index (κ2) is 7.93. The molecule has 2 aromatic carbocycles. The van der Waals surface area contributed by atoms with Gasteiger partial charge < -0.3 is 10.4 Å². The highest BCUT2D eigenvalue weighted by Crippen LogP contribution is 2.30. The van der Waals surface area contributed by atoms with Crippen LogP contribution in [-0.2, 0) is 9.59 Å². The number of amides is 2. The molecule has 0 bridgehead atoms. The van der Waals surface area contributed by atoms with Crippen molar-refractivity contribution in [3.8, 4) is 0 Å². The summed E-state index contributed by atoms with van der Waals surface area (Å²) in [6.07, 6.45) is 0.654. The number of hydrazone groups is 1. The highest BCUT2D eigenvalue weighted by molar-refractivity contribution is 6.00. The Morgan fingerprint density at radius 2 is 1.73 bits per heavy atom. The summed E-state index contributed by atoms with van der Waals surface area (Å²) in [6, 6.07) is 15.9. The van der Waals surface area contributed by atoms with E-state index in [9.17, 15) is 14.7 Å². The van der Waals surface area contributed by atoms with Gasteiger partial charge >= 0.3 is 0 Å². The number of hydrogen-bond acceptors (Lipinski definition) is 4. The summed E-state index contributed by atoms with van der Waals surface area (Å²) >= 11 is 0. The number of aliphatic hydroxyl groups is 1. The maximum atomic E-state index is 12.0. The van der Waals surface area contributed by atoms with Crippen LogP contribution in [0.3, 0.4) is 0 Å². The van der Waals surface area contributed by atoms with Crippen molar-refractivity contribution < 1.29 is 14.7 Å². The standard InChI is InChI=1S/C20H21N3O3/c1-13(22-23-20(26)18(24)15-5-3-2-4-6-15)14-9-11-17(12-10-14)21-19(25)16-7-8-16/h2-6,9-12,16,18,24H,7-8H2,1H3,(H,21,25)(H,23,26)/b22-13+/t18-/m0/s1. The van der Waals surface area contributed by atoms with Gasteiger partial charge in [-0.15, -0.1) is 0 Å². The van der Waals surface area contributed by atoms with E-state index in [1.807, 2.05) is 18.2 Å². The first-order valence-corrected chi connectivity index (χ1v) is 8.53. The number of anilines is 1. The summed E-state index contributed by atoms with van der Waals surface area (Å²) in [4.78, 5) is 23.8. The molecule has 26 heavy (non-hydrogen) atoms. The highest BCUT2D eigenvalue weighted by atomic mass is 16.3. The van der Waals surface area contributed by atoms with Crippen LogP contribution in [0.25, 0.3) is 0 Å². The van der Waals surface area contributed by atoms with Gasteiger partial charge in [-0.2, -0.15) is 5.10 Å². The van der Waals surface area contributed by atoms with Crippen LogP contribution in [0.5, 0.6) is 0 Å². The van der Waals surface area contributed by atoms with Crippen molar-refractivity contribution in [2.75, 3.05) is 5.32 Å². The number of aliphatic hydroxyl groups excluding tert-OH is 1. The molecule has 1 fully saturated rings. The lowest BCUT2D eigenvalue weighted by Gasteiger charge is -2.10. The lowest BCUT2D eigenvalue weighted by Crippen LogP contribution is -2.26. The van der Waals surface area contributed by atoms with Crippen LogP contribution in [-0.4, -0.2) is 22.6 Å². The van der Waals surface area contributed by atoms with E-state index in [0.717, 1.165) is 24.1 Å². The van der Waals surface area contributed by atoms with E-state index in [1.54, 1.807) is 43.3 Å². The molecule has 0 spiro atoms. The number of rotatable bonds is 6. The first-order chi connectivity index (χ1) is 12.5. The fourth-order valence-corrected chi connectivity index (χ4v) is 2.44. The van der Waals surface area contributed by atoms with Crippen molar-refractivity contribution in [3.05, 3.63) is 65.7 Å². The number of nitrogens with one attached hydrogen (secondary N) is 2. The summed E-state index contributed by atoms with van der Waals surface area (Å²) in [6.45, 7) is 1.76. The highest BCUT2D eigenvalue weighted by Gasteiger charge is 2.29. The smallest absolute Gasteiger partial charge is 0.273 e. The molecule has 2 aromatic rings. The third-order valence-electron chi connectivity index (χ3n) is 4.22. The molecule has 0 aliphatic heterocycles. The van der Waals surface area contributed by atoms with Gasteiger partial charge in [-0.05, 0) is 43.0 Å². The van der Waals surface area contributed by atoms with Crippen molar-refractivity contribution in [2.45, 2.75) is 25.9 Å². The molecule has 1 aliphatic carbocycles. The topological polar surface area (TPSA) is 90.8 Å². The molecular formula is C20H21N3O3. The lowest BCUT2D eigenvalue weighted by atomic mass is 10.1. The summed E-state index contributed by atoms with van der Waals surface area (Å²) in [5, 5.41) is 16.9. The van der Waals surface area contributed by atoms with Gasteiger partial charge in [0.15, 0.2) is 6.10 Å². The number of nitrogens with zero attached hydrogens (tertiary/aromatic N) is 1. The van der Waals surface area contributed by atoms with E-state index in [0.29, 0.717) is 11.3 Å². The monoisotopic (exact) mass is 351 g/mol. The fraction of sp³-hybridized carbons (Fsp3) is 0.250. The Morgan fingerprint density at radius 3 is 2.35 bits per heavy atom. The molecule has 1 saturated carbocycles. The quantitative estimate of drug-likeness (QED) is 0.552. The molecule has 0 unspecified atom stereocenters. The average molecular weight is 351 g/mol. The van der Waals surface area contributed by atoms with E-state index in [1.165, 1.54) is 0 Å². The van der Waals surface area contributed by atoms with E-state index in [2.05, 4.69) is 15.8 Å². The maximum absolute atomic E-state index is 12.0. The van der Waals surface area contributed by atoms with Crippen LogP contribution in [0.1, 0.15) is 37.0 Å². The van der Waals surface area contributed by atoms with Crippen molar-refractivity contribution >= 4 is 23.2 Å². The minimum absolute atomic E-state index is 0.0605. The van der Waals surface area contributed by atoms with Crippen molar-refractivity contribution in [1.82, 2.24) is 5.43 Å². The van der Waals surface area contributed by atoms with E-state index < -0.39 is 12.0 Å². The Morgan fingerprint density at radius 1 is 1.08 bits per heavy atom. The second-order valence-corrected chi connectivity index (χ2v) is 6.33. The molecule has 134 valence electrons. The summed E-state index contributed by atoms with van der Waals surface area (Å²) in [5.74, 6) is -0.376. The Labute approximate surface area is 151 Å². The molecule has 1 aliphatic rings. The number of hydrogen-bond donors (Lipinski definition) is 3. The summed E-state index contributed by atoms with van der Waals surface area (Å²) in [5.41, 5.74) is 5.03. The molecule has 0 aromatic heterocycles. The molecule has 3 N–H and O–H groups in total. The van der Waals surface area contributed by atoms with Crippen LogP contribution >= 0.6 is 0 Å². The zero-order chi connectivity index (χ0) is 18.5. The van der Waals surface area contributed by atoms with Crippen LogP contribution < -0.4 is 10.7 Å². The van der Waals surface area contributed by atoms with Gasteiger partial charge in [0.1, 0.15) is 0 Å². The van der Waals surface area contributed by atoms with Gasteiger partial charge in [0.05, 0.1) is 5.71 Å². The van der Waals surface area contributed by atoms with E-state index in [4.69, 9.17) is 0 Å². The fourth-order valence-electron chi connectivity index (χ4n) is 2.44. The zero-order valence-corrected chi connectivity index (χ0v) is 14.5. The molecule has 2 amide bonds. The van der Waals surface area contributed by atoms with Gasteiger partial charge in [-0.1, -0.05) is 42.5 Å². The normalized spacial score (nSPS) is 15.2. The molecule has 3 rings (SSSR count). The minimum Gasteiger partial charge on any atom is -0.378 e. The molecular weight excluding hydrogens is 330 g/mol. The van der Waals surface area contributed by atoms with E-state index >= 15 is 0 Å². The molecule has 0 saturated heterocycles. The first kappa shape index (κ1) is 17.8. The predicted octanol–water partition coefficient (Wildman–Crippen LogP) is 2.61. The van der Waals surface area contributed by atoms with Gasteiger partial charge in [0, 0.05) is 11.6 Å². The number of carbonyl (C=O) groups is 2. The van der Waals surface area contributed by atoms with Crippen LogP contribution in [0.2, 0.25) is 0 Å². The van der Waals surface area contributed by atoms with Gasteiger partial charge in [-0.3, -0.25) is 9.59 Å². The Bertz CT molecular complexity index is 812. The molecule has 6 nitrogen and oxygen atoms in total. The van der Waals surface area contributed by atoms with Gasteiger partial charge in [-0.25, -0.2) is 5.43 Å². The SMILES string of the molecule is C/C(=N\NC(=O)[C@@H](O)c1ccccc1)c1ccc(NC(=O)C2CC2)cc1. The van der Waals surface area contributed by atoms with E-state index in [-0.39, 0.29) is 11.8 Å². The van der Waals surface area contributed by atoms with Crippen LogP contribution in [0, 0.1) is 5.92 Å². The number of benzene rings is 2. The van der Waals surface area contributed by atoms with Crippen LogP contribution in [0.15, 0.2) is 59.7 Å². The average Bonchev–Trinajstić information content (AvgIpc) is 3.52. The molecule has 0 heterocycles. The summed E-state index contributed by atoms with van der Waals surface area (Å²) < 4.78 is 0. The third kappa shape index (κ3) is 4.55. The minimum atomic E-state index is -1.27. The largest absolute Gasteiger partial charge is 0.378 e. The zero-order valence-electron chi connectivity index (χ0n) is 14.5. The van der Waals surface area contributed by atoms with Crippen molar-refractivity contribution in [1.29, 1.82) is 0 Å². The predicted molar refractivity (Wildman–Crippen MR) is 99.6 cm³/mol. The second-order valence-electron chi connectivity index (χ2n) is 6.33. The number of carbonyl (C=O) groups excluding carboxylic acids is 2. The van der Waals surface area contributed by atoms with Crippen molar-refractivity contribution in [3.63, 3.8) is 0 Å². The Kier molecular flexibility index (Phi) is 5.43. The molecule has 6 heteroatoms. The van der Waals surface area contributed by atoms with Crippen LogP contribution in [0.4, 0.5) is 5.69 Å².